The molecule has 0 unspecified atom stereocenters. The van der Waals surface area contributed by atoms with Gasteiger partial charge >= 0.3 is 0 Å². The first-order valence-electron chi connectivity index (χ1n) is 13.4. The molecule has 0 fully saturated rings. The molecule has 0 aliphatic heterocycles. The van der Waals surface area contributed by atoms with Crippen LogP contribution in [0.3, 0.4) is 0 Å². The van der Waals surface area contributed by atoms with Crippen molar-refractivity contribution in [2.24, 2.45) is 0 Å². The van der Waals surface area contributed by atoms with Crippen molar-refractivity contribution >= 4 is 39.1 Å². The van der Waals surface area contributed by atoms with Crippen molar-refractivity contribution in [3.05, 3.63) is 131 Å². The summed E-state index contributed by atoms with van der Waals surface area (Å²) in [7, 11) is -4.30. The Hall–Kier alpha value is -4.21. The van der Waals surface area contributed by atoms with Crippen molar-refractivity contribution < 1.29 is 22.4 Å². The second-order valence-corrected chi connectivity index (χ2v) is 11.9. The van der Waals surface area contributed by atoms with Crippen LogP contribution in [-0.4, -0.2) is 44.3 Å². The van der Waals surface area contributed by atoms with E-state index in [4.69, 9.17) is 11.6 Å². The van der Waals surface area contributed by atoms with Gasteiger partial charge in [0.05, 0.1) is 10.6 Å². The zero-order valence-electron chi connectivity index (χ0n) is 23.0. The minimum Gasteiger partial charge on any atom is -0.355 e. The number of carbonyl (C=O) groups is 2. The van der Waals surface area contributed by atoms with Crippen molar-refractivity contribution in [3.63, 3.8) is 0 Å². The molecule has 42 heavy (non-hydrogen) atoms. The maximum absolute atomic E-state index is 14.2. The van der Waals surface area contributed by atoms with E-state index in [0.717, 1.165) is 34.1 Å². The molecule has 0 spiro atoms. The smallest absolute Gasteiger partial charge is 0.264 e. The van der Waals surface area contributed by atoms with Crippen LogP contribution in [0.25, 0.3) is 0 Å². The molecule has 4 aromatic carbocycles. The van der Waals surface area contributed by atoms with E-state index >= 15 is 0 Å². The average Bonchev–Trinajstić information content (AvgIpc) is 2.99. The highest BCUT2D eigenvalue weighted by Crippen LogP contribution is 2.25. The van der Waals surface area contributed by atoms with E-state index in [1.807, 2.05) is 30.3 Å². The van der Waals surface area contributed by atoms with Gasteiger partial charge in [-0.3, -0.25) is 13.9 Å². The number of nitrogens with one attached hydrogen (secondary N) is 1. The van der Waals surface area contributed by atoms with Crippen molar-refractivity contribution in [1.29, 1.82) is 0 Å². The molecule has 7 nitrogen and oxygen atoms in total. The molecule has 1 atom stereocenters. The lowest BCUT2D eigenvalue weighted by atomic mass is 10.0. The summed E-state index contributed by atoms with van der Waals surface area (Å²) in [5.74, 6) is -1.56. The summed E-state index contributed by atoms with van der Waals surface area (Å²) in [5.41, 5.74) is 1.75. The molecule has 0 aliphatic rings. The third-order valence-corrected chi connectivity index (χ3v) is 8.61. The number of benzene rings is 4. The summed E-state index contributed by atoms with van der Waals surface area (Å²) in [4.78, 5) is 28.9. The fourth-order valence-corrected chi connectivity index (χ4v) is 6.16. The number of carbonyl (C=O) groups excluding carboxylic acids is 2. The first-order chi connectivity index (χ1) is 20.2. The van der Waals surface area contributed by atoms with Crippen LogP contribution in [0.2, 0.25) is 5.02 Å². The summed E-state index contributed by atoms with van der Waals surface area (Å²) < 4.78 is 42.3. The third kappa shape index (κ3) is 7.74. The van der Waals surface area contributed by atoms with Gasteiger partial charge in [0.15, 0.2) is 0 Å². The maximum atomic E-state index is 14.2. The summed E-state index contributed by atoms with van der Waals surface area (Å²) in [5, 5.41) is 3.28. The Morgan fingerprint density at radius 1 is 0.857 bits per heavy atom. The summed E-state index contributed by atoms with van der Waals surface area (Å²) in [6, 6.07) is 27.8. The van der Waals surface area contributed by atoms with Gasteiger partial charge in [-0.1, -0.05) is 72.3 Å². The molecule has 2 amide bonds. The second-order valence-electron chi connectivity index (χ2n) is 9.55. The molecule has 218 valence electrons. The predicted molar refractivity (Wildman–Crippen MR) is 162 cm³/mol. The monoisotopic (exact) mass is 607 g/mol. The first-order valence-corrected chi connectivity index (χ1v) is 15.2. The lowest BCUT2D eigenvalue weighted by Gasteiger charge is -2.33. The first kappa shape index (κ1) is 30.7. The van der Waals surface area contributed by atoms with Crippen molar-refractivity contribution in [2.75, 3.05) is 17.4 Å². The SMILES string of the molecule is CCNC(=O)[C@H](Cc1ccccc1)N(Cc1cccc(Cl)c1)C(=O)CN(c1ccccc1)S(=O)(=O)c1ccc(F)cc1. The fraction of sp³-hybridized carbons (Fsp3) is 0.188. The van der Waals surface area contributed by atoms with E-state index in [1.165, 1.54) is 4.90 Å². The van der Waals surface area contributed by atoms with Crippen LogP contribution in [0.4, 0.5) is 10.1 Å². The van der Waals surface area contributed by atoms with Crippen LogP contribution < -0.4 is 9.62 Å². The van der Waals surface area contributed by atoms with E-state index in [1.54, 1.807) is 61.5 Å². The van der Waals surface area contributed by atoms with Crippen LogP contribution >= 0.6 is 11.6 Å². The zero-order chi connectivity index (χ0) is 30.1. The van der Waals surface area contributed by atoms with E-state index in [0.29, 0.717) is 17.1 Å². The Morgan fingerprint density at radius 3 is 2.10 bits per heavy atom. The number of sulfonamides is 1. The van der Waals surface area contributed by atoms with Gasteiger partial charge in [-0.05, 0) is 66.6 Å². The normalized spacial score (nSPS) is 11.9. The molecular formula is C32H31ClFN3O4S. The number of anilines is 1. The Morgan fingerprint density at radius 2 is 1.48 bits per heavy atom. The highest BCUT2D eigenvalue weighted by molar-refractivity contribution is 7.92. The van der Waals surface area contributed by atoms with Gasteiger partial charge in [-0.2, -0.15) is 0 Å². The number of nitrogens with zero attached hydrogens (tertiary/aromatic N) is 2. The molecule has 1 N–H and O–H groups in total. The number of likely N-dealkylation sites (N-methyl/N-ethyl adjacent to an activating group) is 1. The number of hydrogen-bond donors (Lipinski definition) is 1. The largest absolute Gasteiger partial charge is 0.355 e. The highest BCUT2D eigenvalue weighted by atomic mass is 35.5. The lowest BCUT2D eigenvalue weighted by molar-refractivity contribution is -0.140. The standard InChI is InChI=1S/C32H31ClFN3O4S/c1-2-35-32(39)30(21-24-10-5-3-6-11-24)36(22-25-12-9-13-26(33)20-25)31(38)23-37(28-14-7-4-8-15-28)42(40,41)29-18-16-27(34)17-19-29/h3-20,30H,2,21-23H2,1H3,(H,35,39)/t30-/m0/s1. The van der Waals surface area contributed by atoms with Crippen LogP contribution in [0.15, 0.2) is 114 Å². The zero-order valence-corrected chi connectivity index (χ0v) is 24.6. The topological polar surface area (TPSA) is 86.8 Å². The van der Waals surface area contributed by atoms with Crippen molar-refractivity contribution in [3.8, 4) is 0 Å². The lowest BCUT2D eigenvalue weighted by Crippen LogP contribution is -2.53. The Bertz CT molecular complexity index is 1600. The molecule has 0 heterocycles. The van der Waals surface area contributed by atoms with Gasteiger partial charge in [0.2, 0.25) is 11.8 Å². The van der Waals surface area contributed by atoms with Crippen molar-refractivity contribution in [1.82, 2.24) is 10.2 Å². The molecule has 0 saturated heterocycles. The second kappa shape index (κ2) is 14.1. The Balaban J connectivity index is 1.78. The fourth-order valence-electron chi connectivity index (χ4n) is 4.53. The number of rotatable bonds is 12. The molecule has 0 radical (unpaired) electrons. The minimum absolute atomic E-state index is 0.00720. The van der Waals surface area contributed by atoms with Gasteiger partial charge in [-0.15, -0.1) is 0 Å². The molecule has 0 aromatic heterocycles. The van der Waals surface area contributed by atoms with E-state index in [9.17, 15) is 22.4 Å². The minimum atomic E-state index is -4.30. The Labute approximate surface area is 250 Å². The van der Waals surface area contributed by atoms with E-state index in [2.05, 4.69) is 5.32 Å². The summed E-state index contributed by atoms with van der Waals surface area (Å²) in [6.45, 7) is 1.54. The summed E-state index contributed by atoms with van der Waals surface area (Å²) >= 11 is 6.24. The van der Waals surface area contributed by atoms with Crippen LogP contribution in [0, 0.1) is 5.82 Å². The number of para-hydroxylation sites is 1. The molecule has 10 heteroatoms. The molecule has 0 saturated carbocycles. The molecule has 4 rings (SSSR count). The van der Waals surface area contributed by atoms with Gasteiger partial charge in [-0.25, -0.2) is 12.8 Å². The van der Waals surface area contributed by atoms with E-state index < -0.39 is 34.3 Å². The van der Waals surface area contributed by atoms with Gasteiger partial charge in [0.1, 0.15) is 18.4 Å². The highest BCUT2D eigenvalue weighted by Gasteiger charge is 2.34. The number of halogens is 2. The van der Waals surface area contributed by atoms with Crippen LogP contribution in [-0.2, 0) is 32.6 Å². The predicted octanol–water partition coefficient (Wildman–Crippen LogP) is 5.45. The van der Waals surface area contributed by atoms with E-state index in [-0.39, 0.29) is 29.5 Å². The van der Waals surface area contributed by atoms with Crippen LogP contribution in [0.5, 0.6) is 0 Å². The average molecular weight is 608 g/mol. The third-order valence-electron chi connectivity index (χ3n) is 6.59. The number of amides is 2. The molecule has 4 aromatic rings. The van der Waals surface area contributed by atoms with Crippen molar-refractivity contribution in [2.45, 2.75) is 30.8 Å². The number of hydrogen-bond acceptors (Lipinski definition) is 4. The van der Waals surface area contributed by atoms with Gasteiger partial charge in [0, 0.05) is 24.5 Å². The summed E-state index contributed by atoms with van der Waals surface area (Å²) in [6.07, 6.45) is 0.203. The molecular weight excluding hydrogens is 577 g/mol. The molecule has 0 aliphatic carbocycles. The quantitative estimate of drug-likeness (QED) is 0.232. The van der Waals surface area contributed by atoms with Crippen LogP contribution in [0.1, 0.15) is 18.1 Å². The maximum Gasteiger partial charge on any atom is 0.264 e. The molecule has 0 bridgehead atoms. The Kier molecular flexibility index (Phi) is 10.3. The van der Waals surface area contributed by atoms with Gasteiger partial charge in [0.25, 0.3) is 10.0 Å². The van der Waals surface area contributed by atoms with Gasteiger partial charge < -0.3 is 10.2 Å².